The van der Waals surface area contributed by atoms with Crippen molar-refractivity contribution in [2.24, 2.45) is 0 Å². The minimum atomic E-state index is -0.823. The molecular formula is C35H36F2N8O2. The van der Waals surface area contributed by atoms with Crippen LogP contribution in [-0.2, 0) is 0 Å². The zero-order valence-corrected chi connectivity index (χ0v) is 26.0. The fraction of sp³-hybridized carbons (Fsp3) is 0.314. The second-order valence-electron chi connectivity index (χ2n) is 11.5. The third kappa shape index (κ3) is 6.96. The molecule has 2 fully saturated rings. The number of ether oxygens (including phenoxy) is 2. The fourth-order valence-corrected chi connectivity index (χ4v) is 5.91. The third-order valence-corrected chi connectivity index (χ3v) is 8.35. The van der Waals surface area contributed by atoms with Gasteiger partial charge < -0.3 is 19.3 Å². The molecule has 0 unspecified atom stereocenters. The van der Waals surface area contributed by atoms with Gasteiger partial charge in [-0.1, -0.05) is 0 Å². The van der Waals surface area contributed by atoms with E-state index >= 15 is 0 Å². The number of alkyl halides is 2. The largest absolute Gasteiger partial charge is 0.491 e. The van der Waals surface area contributed by atoms with E-state index in [0.717, 1.165) is 60.3 Å². The van der Waals surface area contributed by atoms with Crippen molar-refractivity contribution in [3.05, 3.63) is 85.5 Å². The van der Waals surface area contributed by atoms with E-state index in [2.05, 4.69) is 29.7 Å². The van der Waals surface area contributed by atoms with Crippen LogP contribution in [0.4, 0.5) is 20.4 Å². The molecule has 0 saturated carbocycles. The Hall–Kier alpha value is -5.26. The quantitative estimate of drug-likeness (QED) is 0.174. The highest BCUT2D eigenvalue weighted by Crippen LogP contribution is 2.25. The van der Waals surface area contributed by atoms with Crippen molar-refractivity contribution >= 4 is 23.2 Å². The number of anilines is 2. The van der Waals surface area contributed by atoms with Gasteiger partial charge in [0.1, 0.15) is 36.4 Å². The minimum Gasteiger partial charge on any atom is -0.491 e. The van der Waals surface area contributed by atoms with Gasteiger partial charge in [-0.3, -0.25) is 8.80 Å². The Labute approximate surface area is 271 Å². The lowest BCUT2D eigenvalue weighted by molar-refractivity contribution is 0.192. The predicted molar refractivity (Wildman–Crippen MR) is 178 cm³/mol. The van der Waals surface area contributed by atoms with Crippen LogP contribution in [0.3, 0.4) is 0 Å². The molecule has 0 radical (unpaired) electrons. The lowest BCUT2D eigenvalue weighted by Crippen LogP contribution is -2.19. The molecule has 0 amide bonds. The predicted octanol–water partition coefficient (Wildman–Crippen LogP) is 6.65. The molecule has 2 aliphatic heterocycles. The molecule has 2 aromatic carbocycles. The van der Waals surface area contributed by atoms with E-state index in [1.165, 1.54) is 25.7 Å². The van der Waals surface area contributed by atoms with Crippen molar-refractivity contribution in [3.63, 3.8) is 0 Å². The smallest absolute Gasteiger partial charge is 0.236 e. The summed E-state index contributed by atoms with van der Waals surface area (Å²) in [7, 11) is 0. The van der Waals surface area contributed by atoms with E-state index in [1.807, 2.05) is 82.1 Å². The fourth-order valence-electron chi connectivity index (χ4n) is 5.91. The molecule has 0 bridgehead atoms. The Morgan fingerprint density at radius 1 is 0.553 bits per heavy atom. The number of rotatable bonds is 9. The minimum absolute atomic E-state index is 0.0803. The summed E-state index contributed by atoms with van der Waals surface area (Å²) in [4.78, 5) is 23.1. The Morgan fingerprint density at radius 3 is 1.43 bits per heavy atom. The van der Waals surface area contributed by atoms with Crippen LogP contribution in [0.5, 0.6) is 11.5 Å². The van der Waals surface area contributed by atoms with Crippen LogP contribution in [0.15, 0.2) is 85.5 Å². The van der Waals surface area contributed by atoms with Gasteiger partial charge in [-0.05, 0) is 86.3 Å². The summed E-state index contributed by atoms with van der Waals surface area (Å²) in [6.45, 7) is 3.03. The highest BCUT2D eigenvalue weighted by Gasteiger charge is 2.16. The monoisotopic (exact) mass is 638 g/mol. The summed E-state index contributed by atoms with van der Waals surface area (Å²) >= 11 is 0. The Morgan fingerprint density at radius 2 is 1.00 bits per heavy atom. The zero-order chi connectivity index (χ0) is 32.0. The molecule has 47 heavy (non-hydrogen) atoms. The number of halogens is 2. The number of nitrogens with zero attached hydrogens (tertiary/aromatic N) is 8. The van der Waals surface area contributed by atoms with Gasteiger partial charge in [-0.15, -0.1) is 0 Å². The summed E-state index contributed by atoms with van der Waals surface area (Å²) in [5, 5.41) is 0. The van der Waals surface area contributed by atoms with E-state index in [0.29, 0.717) is 23.1 Å². The molecule has 0 atom stereocenters. The van der Waals surface area contributed by atoms with Crippen molar-refractivity contribution in [1.82, 2.24) is 28.7 Å². The standard InChI is InChI=1S/C18H19FN4O.C17H17FN4O/c19-8-12-24-15-5-3-14(4-6-15)16-13-23-11-7-17(21-18(23)20-16)22-9-1-2-10-22;18-12-23-14-5-3-13(4-6-14)15-11-22-10-7-16(20-17(22)19-15)21-8-1-2-9-21/h3-7,11,13H,1-2,8-10,12H2;3-7,10-11H,1-2,8-9,12H2. The van der Waals surface area contributed by atoms with Gasteiger partial charge in [0.15, 0.2) is 0 Å². The molecule has 6 aromatic rings. The topological polar surface area (TPSA) is 85.3 Å². The number of imidazole rings is 2. The first-order valence-electron chi connectivity index (χ1n) is 16.0. The molecular weight excluding hydrogens is 602 g/mol. The second-order valence-corrected chi connectivity index (χ2v) is 11.5. The van der Waals surface area contributed by atoms with Crippen LogP contribution in [0.1, 0.15) is 25.7 Å². The Kier molecular flexibility index (Phi) is 9.07. The van der Waals surface area contributed by atoms with Gasteiger partial charge in [0.25, 0.3) is 0 Å². The van der Waals surface area contributed by atoms with Gasteiger partial charge in [0, 0.05) is 62.1 Å². The first kappa shape index (κ1) is 30.4. The van der Waals surface area contributed by atoms with Gasteiger partial charge in [0.2, 0.25) is 18.4 Å². The maximum Gasteiger partial charge on any atom is 0.236 e. The van der Waals surface area contributed by atoms with E-state index in [4.69, 9.17) is 9.47 Å². The van der Waals surface area contributed by atoms with Crippen LogP contribution >= 0.6 is 0 Å². The Bertz CT molecular complexity index is 1910. The van der Waals surface area contributed by atoms with Crippen LogP contribution in [0.2, 0.25) is 0 Å². The molecule has 0 aliphatic carbocycles. The molecule has 12 heteroatoms. The molecule has 2 aliphatic rings. The molecule has 4 aromatic heterocycles. The maximum absolute atomic E-state index is 12.2. The normalized spacial score (nSPS) is 14.5. The van der Waals surface area contributed by atoms with Crippen molar-refractivity contribution in [1.29, 1.82) is 0 Å². The molecule has 0 spiro atoms. The number of hydrogen-bond acceptors (Lipinski definition) is 8. The summed E-state index contributed by atoms with van der Waals surface area (Å²) in [6, 6.07) is 18.8. The summed E-state index contributed by atoms with van der Waals surface area (Å²) < 4.78 is 38.2. The van der Waals surface area contributed by atoms with Gasteiger partial charge in [-0.2, -0.15) is 9.97 Å². The molecule has 6 heterocycles. The lowest BCUT2D eigenvalue weighted by Gasteiger charge is -2.15. The van der Waals surface area contributed by atoms with E-state index in [9.17, 15) is 8.78 Å². The number of fused-ring (bicyclic) bond motifs is 2. The van der Waals surface area contributed by atoms with Crippen molar-refractivity contribution in [2.75, 3.05) is 56.1 Å². The Balaban J connectivity index is 0.000000150. The first-order chi connectivity index (χ1) is 23.2. The second kappa shape index (κ2) is 14.0. The van der Waals surface area contributed by atoms with E-state index < -0.39 is 13.5 Å². The number of hydrogen-bond donors (Lipinski definition) is 0. The molecule has 2 saturated heterocycles. The van der Waals surface area contributed by atoms with Gasteiger partial charge in [-0.25, -0.2) is 18.7 Å². The van der Waals surface area contributed by atoms with Gasteiger partial charge >= 0.3 is 0 Å². The van der Waals surface area contributed by atoms with Crippen LogP contribution in [-0.4, -0.2) is 75.1 Å². The van der Waals surface area contributed by atoms with Gasteiger partial charge in [0.05, 0.1) is 11.4 Å². The van der Waals surface area contributed by atoms with E-state index in [-0.39, 0.29) is 6.61 Å². The van der Waals surface area contributed by atoms with Crippen LogP contribution in [0, 0.1) is 0 Å². The SMILES string of the molecule is FCCOc1ccc(-c2cn3ccc(N4CCCC4)nc3n2)cc1.FCOc1ccc(-c2cn3ccc(N4CCCC4)nc3n2)cc1. The third-order valence-electron chi connectivity index (χ3n) is 8.35. The number of aromatic nitrogens is 6. The highest BCUT2D eigenvalue weighted by molar-refractivity contribution is 5.64. The summed E-state index contributed by atoms with van der Waals surface area (Å²) in [6.07, 6.45) is 12.8. The zero-order valence-electron chi connectivity index (χ0n) is 26.0. The first-order valence-corrected chi connectivity index (χ1v) is 16.0. The van der Waals surface area contributed by atoms with Crippen LogP contribution < -0.4 is 19.3 Å². The average Bonchev–Trinajstić information content (AvgIpc) is 3.95. The van der Waals surface area contributed by atoms with Crippen molar-refractivity contribution in [3.8, 4) is 34.0 Å². The summed E-state index contributed by atoms with van der Waals surface area (Å²) in [5.41, 5.74) is 3.63. The summed E-state index contributed by atoms with van der Waals surface area (Å²) in [5.74, 6) is 4.54. The van der Waals surface area contributed by atoms with Crippen molar-refractivity contribution in [2.45, 2.75) is 25.7 Å². The van der Waals surface area contributed by atoms with Crippen LogP contribution in [0.25, 0.3) is 34.1 Å². The average molecular weight is 639 g/mol. The number of benzene rings is 2. The molecule has 8 rings (SSSR count). The van der Waals surface area contributed by atoms with Crippen molar-refractivity contribution < 1.29 is 18.3 Å². The van der Waals surface area contributed by atoms with E-state index in [1.54, 1.807) is 12.1 Å². The molecule has 0 N–H and O–H groups in total. The lowest BCUT2D eigenvalue weighted by atomic mass is 10.2. The molecule has 242 valence electrons. The maximum atomic E-state index is 12.2. The molecule has 10 nitrogen and oxygen atoms in total. The highest BCUT2D eigenvalue weighted by atomic mass is 19.1.